The van der Waals surface area contributed by atoms with E-state index >= 15 is 0 Å². The van der Waals surface area contributed by atoms with Gasteiger partial charge in [-0.15, -0.1) is 0 Å². The zero-order chi connectivity index (χ0) is 16.0. The molecule has 1 atom stereocenters. The van der Waals surface area contributed by atoms with Gasteiger partial charge in [-0.3, -0.25) is 4.79 Å². The van der Waals surface area contributed by atoms with Crippen LogP contribution in [0.25, 0.3) is 0 Å². The van der Waals surface area contributed by atoms with Crippen molar-refractivity contribution < 1.29 is 9.53 Å². The number of hydrogen-bond donors (Lipinski definition) is 2. The first-order valence-corrected chi connectivity index (χ1v) is 7.58. The number of nitrogens with one attached hydrogen (secondary N) is 2. The van der Waals surface area contributed by atoms with E-state index < -0.39 is 6.10 Å². The van der Waals surface area contributed by atoms with E-state index in [-0.39, 0.29) is 11.4 Å². The van der Waals surface area contributed by atoms with Crippen molar-refractivity contribution in [2.24, 2.45) is 0 Å². The second kappa shape index (κ2) is 7.87. The van der Waals surface area contributed by atoms with Gasteiger partial charge in [0.2, 0.25) is 0 Å². The molecular formula is C15H22Cl2N2O2. The predicted octanol–water partition coefficient (Wildman–Crippen LogP) is 3.27. The molecule has 0 unspecified atom stereocenters. The van der Waals surface area contributed by atoms with E-state index in [4.69, 9.17) is 27.9 Å². The molecule has 2 N–H and O–H groups in total. The molecular weight excluding hydrogens is 311 g/mol. The SMILES string of the molecule is C[C@H](Oc1cc(Cl)cc(Cl)c1)C(=O)NCCNC(C)(C)C. The Morgan fingerprint density at radius 2 is 1.76 bits per heavy atom. The Kier molecular flexibility index (Phi) is 6.78. The van der Waals surface area contributed by atoms with Crippen LogP contribution in [0.2, 0.25) is 10.0 Å². The average Bonchev–Trinajstić information content (AvgIpc) is 2.31. The lowest BCUT2D eigenvalue weighted by atomic mass is 10.1. The molecule has 0 saturated carbocycles. The summed E-state index contributed by atoms with van der Waals surface area (Å²) in [7, 11) is 0. The molecule has 6 heteroatoms. The Hall–Kier alpha value is -0.970. The van der Waals surface area contributed by atoms with Crippen LogP contribution in [0.3, 0.4) is 0 Å². The third kappa shape index (κ3) is 7.55. The van der Waals surface area contributed by atoms with E-state index in [0.29, 0.717) is 28.9 Å². The molecule has 1 aromatic carbocycles. The van der Waals surface area contributed by atoms with Gasteiger partial charge >= 0.3 is 0 Å². The van der Waals surface area contributed by atoms with Crippen LogP contribution in [-0.4, -0.2) is 30.6 Å². The standard InChI is InChI=1S/C15H22Cl2N2O2/c1-10(14(20)18-5-6-19-15(2,3)4)21-13-8-11(16)7-12(17)9-13/h7-10,19H,5-6H2,1-4H3,(H,18,20)/t10-/m0/s1. The van der Waals surface area contributed by atoms with Gasteiger partial charge in [-0.2, -0.15) is 0 Å². The maximum Gasteiger partial charge on any atom is 0.260 e. The lowest BCUT2D eigenvalue weighted by Gasteiger charge is -2.21. The fourth-order valence-electron chi connectivity index (χ4n) is 1.62. The number of amides is 1. The number of benzene rings is 1. The van der Waals surface area contributed by atoms with Gasteiger partial charge in [-0.25, -0.2) is 0 Å². The van der Waals surface area contributed by atoms with Gasteiger partial charge in [0.1, 0.15) is 5.75 Å². The first-order valence-electron chi connectivity index (χ1n) is 6.83. The molecule has 0 aromatic heterocycles. The van der Waals surface area contributed by atoms with Crippen molar-refractivity contribution in [1.29, 1.82) is 0 Å². The minimum Gasteiger partial charge on any atom is -0.481 e. The van der Waals surface area contributed by atoms with E-state index in [0.717, 1.165) is 0 Å². The molecule has 0 saturated heterocycles. The van der Waals surface area contributed by atoms with Crippen molar-refractivity contribution in [3.8, 4) is 5.75 Å². The van der Waals surface area contributed by atoms with Crippen LogP contribution in [0.15, 0.2) is 18.2 Å². The molecule has 0 spiro atoms. The molecule has 1 aromatic rings. The van der Waals surface area contributed by atoms with Crippen LogP contribution in [0.4, 0.5) is 0 Å². The molecule has 0 radical (unpaired) electrons. The Balaban J connectivity index is 2.40. The summed E-state index contributed by atoms with van der Waals surface area (Å²) < 4.78 is 5.53. The molecule has 0 aliphatic rings. The third-order valence-electron chi connectivity index (χ3n) is 2.60. The number of carbonyl (C=O) groups is 1. The fourth-order valence-corrected chi connectivity index (χ4v) is 2.13. The average molecular weight is 333 g/mol. The van der Waals surface area contributed by atoms with Gasteiger partial charge < -0.3 is 15.4 Å². The Labute approximate surface area is 136 Å². The van der Waals surface area contributed by atoms with E-state index in [1.807, 2.05) is 0 Å². The lowest BCUT2D eigenvalue weighted by Crippen LogP contribution is -2.44. The largest absolute Gasteiger partial charge is 0.481 e. The Bertz CT molecular complexity index is 467. The van der Waals surface area contributed by atoms with Crippen molar-refractivity contribution in [2.75, 3.05) is 13.1 Å². The molecule has 0 aliphatic carbocycles. The quantitative estimate of drug-likeness (QED) is 0.786. The zero-order valence-corrected chi connectivity index (χ0v) is 14.3. The van der Waals surface area contributed by atoms with Gasteiger partial charge in [0.15, 0.2) is 6.10 Å². The normalized spacial score (nSPS) is 12.9. The molecule has 1 rings (SSSR count). The van der Waals surface area contributed by atoms with Crippen molar-refractivity contribution >= 4 is 29.1 Å². The van der Waals surface area contributed by atoms with E-state index in [1.165, 1.54) is 0 Å². The topological polar surface area (TPSA) is 50.4 Å². The van der Waals surface area contributed by atoms with Crippen molar-refractivity contribution in [3.63, 3.8) is 0 Å². The molecule has 0 heterocycles. The molecule has 1 amide bonds. The van der Waals surface area contributed by atoms with E-state index in [9.17, 15) is 4.79 Å². The van der Waals surface area contributed by atoms with Gasteiger partial charge in [0.05, 0.1) is 0 Å². The molecule has 118 valence electrons. The Morgan fingerprint density at radius 3 is 2.29 bits per heavy atom. The van der Waals surface area contributed by atoms with Crippen LogP contribution in [0, 0.1) is 0 Å². The number of ether oxygens (including phenoxy) is 1. The molecule has 0 aliphatic heterocycles. The number of hydrogen-bond acceptors (Lipinski definition) is 3. The molecule has 4 nitrogen and oxygen atoms in total. The summed E-state index contributed by atoms with van der Waals surface area (Å²) in [4.78, 5) is 11.9. The predicted molar refractivity (Wildman–Crippen MR) is 87.3 cm³/mol. The highest BCUT2D eigenvalue weighted by molar-refractivity contribution is 6.34. The highest BCUT2D eigenvalue weighted by Gasteiger charge is 2.15. The lowest BCUT2D eigenvalue weighted by molar-refractivity contribution is -0.127. The molecule has 21 heavy (non-hydrogen) atoms. The maximum atomic E-state index is 11.9. The Morgan fingerprint density at radius 1 is 1.19 bits per heavy atom. The summed E-state index contributed by atoms with van der Waals surface area (Å²) >= 11 is 11.8. The third-order valence-corrected chi connectivity index (χ3v) is 3.03. The molecule has 0 fully saturated rings. The van der Waals surface area contributed by atoms with E-state index in [1.54, 1.807) is 25.1 Å². The minimum atomic E-state index is -0.617. The van der Waals surface area contributed by atoms with Crippen LogP contribution in [0.1, 0.15) is 27.7 Å². The van der Waals surface area contributed by atoms with Gasteiger partial charge in [0, 0.05) is 28.7 Å². The van der Waals surface area contributed by atoms with Crippen LogP contribution in [0.5, 0.6) is 5.75 Å². The van der Waals surface area contributed by atoms with E-state index in [2.05, 4.69) is 31.4 Å². The smallest absolute Gasteiger partial charge is 0.260 e. The summed E-state index contributed by atoms with van der Waals surface area (Å²) in [5.41, 5.74) is 0.0321. The summed E-state index contributed by atoms with van der Waals surface area (Å²) in [6.07, 6.45) is -0.617. The van der Waals surface area contributed by atoms with Crippen LogP contribution < -0.4 is 15.4 Å². The number of carbonyl (C=O) groups excluding carboxylic acids is 1. The van der Waals surface area contributed by atoms with Gasteiger partial charge in [-0.05, 0) is 45.9 Å². The summed E-state index contributed by atoms with van der Waals surface area (Å²) in [5, 5.41) is 7.05. The van der Waals surface area contributed by atoms with Gasteiger partial charge in [0.25, 0.3) is 5.91 Å². The molecule has 0 bridgehead atoms. The van der Waals surface area contributed by atoms with Crippen molar-refractivity contribution in [1.82, 2.24) is 10.6 Å². The summed E-state index contributed by atoms with van der Waals surface area (Å²) in [6, 6.07) is 4.86. The van der Waals surface area contributed by atoms with Crippen molar-refractivity contribution in [2.45, 2.75) is 39.3 Å². The van der Waals surface area contributed by atoms with Crippen molar-refractivity contribution in [3.05, 3.63) is 28.2 Å². The van der Waals surface area contributed by atoms with Crippen LogP contribution in [-0.2, 0) is 4.79 Å². The number of halogens is 2. The maximum absolute atomic E-state index is 11.9. The minimum absolute atomic E-state index is 0.0321. The number of rotatable bonds is 6. The highest BCUT2D eigenvalue weighted by atomic mass is 35.5. The summed E-state index contributed by atoms with van der Waals surface area (Å²) in [6.45, 7) is 9.14. The summed E-state index contributed by atoms with van der Waals surface area (Å²) in [5.74, 6) is 0.296. The fraction of sp³-hybridized carbons (Fsp3) is 0.533. The monoisotopic (exact) mass is 332 g/mol. The zero-order valence-electron chi connectivity index (χ0n) is 12.8. The first-order chi connectivity index (χ1) is 9.67. The van der Waals surface area contributed by atoms with Crippen LogP contribution >= 0.6 is 23.2 Å². The van der Waals surface area contributed by atoms with Gasteiger partial charge in [-0.1, -0.05) is 23.2 Å². The highest BCUT2D eigenvalue weighted by Crippen LogP contribution is 2.24. The second-order valence-electron chi connectivity index (χ2n) is 5.83. The second-order valence-corrected chi connectivity index (χ2v) is 6.71. The first kappa shape index (κ1) is 18.1.